The van der Waals surface area contributed by atoms with Crippen LogP contribution in [0.2, 0.25) is 0 Å². The summed E-state index contributed by atoms with van der Waals surface area (Å²) in [6.45, 7) is 3.35. The zero-order chi connectivity index (χ0) is 12.4. The van der Waals surface area contributed by atoms with E-state index in [0.717, 1.165) is 11.5 Å². The average Bonchev–Trinajstić information content (AvgIpc) is 2.25. The van der Waals surface area contributed by atoms with Crippen molar-refractivity contribution in [3.8, 4) is 0 Å². The number of urea groups is 1. The van der Waals surface area contributed by atoms with Crippen LogP contribution in [0.3, 0.4) is 0 Å². The van der Waals surface area contributed by atoms with E-state index in [1.54, 1.807) is 17.8 Å². The molecule has 0 aromatic carbocycles. The van der Waals surface area contributed by atoms with Crippen LogP contribution in [0.25, 0.3) is 0 Å². The molecule has 0 saturated carbocycles. The van der Waals surface area contributed by atoms with Gasteiger partial charge in [-0.05, 0) is 0 Å². The Kier molecular flexibility index (Phi) is 8.36. The van der Waals surface area contributed by atoms with Crippen LogP contribution in [-0.2, 0) is 4.79 Å². The number of hydrogen-bond acceptors (Lipinski definition) is 4. The van der Waals surface area contributed by atoms with Gasteiger partial charge in [0.2, 0.25) is 0 Å². The number of thioether (sulfide) groups is 1. The van der Waals surface area contributed by atoms with Crippen molar-refractivity contribution < 1.29 is 19.8 Å². The zero-order valence-corrected chi connectivity index (χ0v) is 9.63. The van der Waals surface area contributed by atoms with Crippen molar-refractivity contribution in [2.45, 2.75) is 6.04 Å². The van der Waals surface area contributed by atoms with Crippen LogP contribution < -0.4 is 10.6 Å². The maximum atomic E-state index is 11.1. The number of hydrogen-bond donors (Lipinski definition) is 4. The first-order valence-electron chi connectivity index (χ1n) is 4.68. The predicted octanol–water partition coefficient (Wildman–Crippen LogP) is -0.350. The number of carboxylic acid groups (broad SMARTS) is 1. The van der Waals surface area contributed by atoms with Gasteiger partial charge in [0.1, 0.15) is 0 Å². The molecule has 0 aromatic rings. The summed E-state index contributed by atoms with van der Waals surface area (Å²) >= 11 is 1.60. The van der Waals surface area contributed by atoms with Crippen LogP contribution in [-0.4, -0.2) is 52.9 Å². The highest BCUT2D eigenvalue weighted by Crippen LogP contribution is 1.96. The highest BCUT2D eigenvalue weighted by molar-refractivity contribution is 7.99. The van der Waals surface area contributed by atoms with Crippen LogP contribution in [0.1, 0.15) is 0 Å². The number of rotatable bonds is 8. The summed E-state index contributed by atoms with van der Waals surface area (Å²) in [4.78, 5) is 21.6. The molecule has 0 spiro atoms. The Balaban J connectivity index is 3.64. The van der Waals surface area contributed by atoms with E-state index in [1.807, 2.05) is 0 Å². The molecule has 0 heterocycles. The van der Waals surface area contributed by atoms with E-state index in [0.29, 0.717) is 6.54 Å². The van der Waals surface area contributed by atoms with Gasteiger partial charge in [-0.2, -0.15) is 11.8 Å². The highest BCUT2D eigenvalue weighted by atomic mass is 32.2. The minimum atomic E-state index is -1.27. The Morgan fingerprint density at radius 1 is 1.50 bits per heavy atom. The summed E-state index contributed by atoms with van der Waals surface area (Å²) in [6, 6.07) is -1.86. The SMILES string of the molecule is C=CCSCCNC(=O)N[C@H](CO)C(=O)O. The third-order valence-electron chi connectivity index (χ3n) is 1.55. The minimum absolute atomic E-state index is 0.433. The van der Waals surface area contributed by atoms with Crippen LogP contribution in [0.15, 0.2) is 12.7 Å². The first-order valence-corrected chi connectivity index (χ1v) is 5.84. The fourth-order valence-corrected chi connectivity index (χ4v) is 1.38. The Morgan fingerprint density at radius 3 is 2.69 bits per heavy atom. The molecule has 0 fully saturated rings. The number of aliphatic hydroxyl groups is 1. The zero-order valence-electron chi connectivity index (χ0n) is 8.81. The van der Waals surface area contributed by atoms with Crippen LogP contribution in [0.4, 0.5) is 4.79 Å². The Bertz CT molecular complexity index is 248. The Labute approximate surface area is 98.1 Å². The quantitative estimate of drug-likeness (QED) is 0.348. The number of aliphatic hydroxyl groups excluding tert-OH is 1. The predicted molar refractivity (Wildman–Crippen MR) is 62.6 cm³/mol. The lowest BCUT2D eigenvalue weighted by atomic mass is 10.3. The second-order valence-corrected chi connectivity index (χ2v) is 3.99. The second-order valence-electron chi connectivity index (χ2n) is 2.84. The van der Waals surface area contributed by atoms with Crippen LogP contribution in [0.5, 0.6) is 0 Å². The van der Waals surface area contributed by atoms with Gasteiger partial charge < -0.3 is 20.8 Å². The van der Waals surface area contributed by atoms with Gasteiger partial charge in [-0.25, -0.2) is 9.59 Å². The Hall–Kier alpha value is -1.21. The molecule has 16 heavy (non-hydrogen) atoms. The van der Waals surface area contributed by atoms with Gasteiger partial charge in [0.15, 0.2) is 6.04 Å². The number of nitrogens with one attached hydrogen (secondary N) is 2. The second kappa shape index (κ2) is 9.05. The molecule has 0 aliphatic carbocycles. The fraction of sp³-hybridized carbons (Fsp3) is 0.556. The Morgan fingerprint density at radius 2 is 2.19 bits per heavy atom. The summed E-state index contributed by atoms with van der Waals surface area (Å²) in [5.74, 6) is 0.257. The summed E-state index contributed by atoms with van der Waals surface area (Å²) in [5.41, 5.74) is 0. The molecular weight excluding hydrogens is 232 g/mol. The van der Waals surface area contributed by atoms with Crippen molar-refractivity contribution in [1.29, 1.82) is 0 Å². The molecule has 0 rings (SSSR count). The number of carbonyl (C=O) groups is 2. The molecule has 1 atom stereocenters. The first-order chi connectivity index (χ1) is 7.61. The molecular formula is C9H16N2O4S. The molecule has 6 nitrogen and oxygen atoms in total. The summed E-state index contributed by atoms with van der Waals surface area (Å²) in [6.07, 6.45) is 1.76. The van der Waals surface area contributed by atoms with Gasteiger partial charge in [-0.3, -0.25) is 0 Å². The van der Waals surface area contributed by atoms with Crippen molar-refractivity contribution in [3.05, 3.63) is 12.7 Å². The van der Waals surface area contributed by atoms with E-state index in [2.05, 4.69) is 17.2 Å². The third-order valence-corrected chi connectivity index (χ3v) is 2.52. The van der Waals surface area contributed by atoms with E-state index in [1.165, 1.54) is 0 Å². The third kappa shape index (κ3) is 7.13. The van der Waals surface area contributed by atoms with Crippen LogP contribution >= 0.6 is 11.8 Å². The van der Waals surface area contributed by atoms with E-state index in [-0.39, 0.29) is 0 Å². The lowest BCUT2D eigenvalue weighted by Gasteiger charge is -2.12. The van der Waals surface area contributed by atoms with E-state index < -0.39 is 24.6 Å². The first kappa shape index (κ1) is 14.8. The molecule has 92 valence electrons. The molecule has 0 aromatic heterocycles. The number of carbonyl (C=O) groups excluding carboxylic acids is 1. The monoisotopic (exact) mass is 248 g/mol. The van der Waals surface area contributed by atoms with Gasteiger partial charge in [0.25, 0.3) is 0 Å². The van der Waals surface area contributed by atoms with Crippen molar-refractivity contribution in [2.75, 3.05) is 24.7 Å². The number of carboxylic acids is 1. The van der Waals surface area contributed by atoms with Gasteiger partial charge in [-0.15, -0.1) is 6.58 Å². The largest absolute Gasteiger partial charge is 0.480 e. The fourth-order valence-electron chi connectivity index (χ4n) is 0.798. The lowest BCUT2D eigenvalue weighted by Crippen LogP contribution is -2.48. The van der Waals surface area contributed by atoms with Crippen LogP contribution in [0, 0.1) is 0 Å². The smallest absolute Gasteiger partial charge is 0.328 e. The van der Waals surface area contributed by atoms with E-state index in [9.17, 15) is 9.59 Å². The molecule has 2 amide bonds. The van der Waals surface area contributed by atoms with Crippen molar-refractivity contribution in [1.82, 2.24) is 10.6 Å². The van der Waals surface area contributed by atoms with Crippen molar-refractivity contribution >= 4 is 23.8 Å². The molecule has 0 saturated heterocycles. The van der Waals surface area contributed by atoms with E-state index >= 15 is 0 Å². The maximum Gasteiger partial charge on any atom is 0.328 e. The van der Waals surface area contributed by atoms with Gasteiger partial charge in [0, 0.05) is 18.1 Å². The molecule has 7 heteroatoms. The van der Waals surface area contributed by atoms with E-state index in [4.69, 9.17) is 10.2 Å². The summed E-state index contributed by atoms with van der Waals surface area (Å²) in [7, 11) is 0. The van der Waals surface area contributed by atoms with Gasteiger partial charge in [-0.1, -0.05) is 6.08 Å². The molecule has 0 aliphatic heterocycles. The molecule has 0 bridgehead atoms. The summed E-state index contributed by atoms with van der Waals surface area (Å²) in [5, 5.41) is 21.8. The van der Waals surface area contributed by atoms with Gasteiger partial charge in [0.05, 0.1) is 6.61 Å². The minimum Gasteiger partial charge on any atom is -0.480 e. The van der Waals surface area contributed by atoms with Crippen molar-refractivity contribution in [2.24, 2.45) is 0 Å². The van der Waals surface area contributed by atoms with Gasteiger partial charge >= 0.3 is 12.0 Å². The number of amides is 2. The molecule has 4 N–H and O–H groups in total. The topological polar surface area (TPSA) is 98.7 Å². The normalized spacial score (nSPS) is 11.6. The standard InChI is InChI=1S/C9H16N2O4S/c1-2-4-16-5-3-10-9(15)11-7(6-12)8(13)14/h2,7,12H,1,3-6H2,(H,13,14)(H2,10,11,15)/t7-/m1/s1. The molecule has 0 aliphatic rings. The maximum absolute atomic E-state index is 11.1. The van der Waals surface area contributed by atoms with Crippen molar-refractivity contribution in [3.63, 3.8) is 0 Å². The summed E-state index contributed by atoms with van der Waals surface area (Å²) < 4.78 is 0. The highest BCUT2D eigenvalue weighted by Gasteiger charge is 2.17. The average molecular weight is 248 g/mol. The molecule has 0 unspecified atom stereocenters. The number of aliphatic carboxylic acids is 1. The molecule has 0 radical (unpaired) electrons. The lowest BCUT2D eigenvalue weighted by molar-refractivity contribution is -0.140.